The SMILES string of the molecule is CC1(c2cccc(NC(=O)COc3ccc([N+](=O)[O-])cc3)c2)NC(=O)NC1=O. The molecule has 3 N–H and O–H groups in total. The van der Waals surface area contributed by atoms with E-state index in [4.69, 9.17) is 4.74 Å². The molecule has 0 saturated carbocycles. The van der Waals surface area contributed by atoms with Crippen LogP contribution < -0.4 is 20.7 Å². The van der Waals surface area contributed by atoms with Crippen LogP contribution in [0.3, 0.4) is 0 Å². The van der Waals surface area contributed by atoms with Gasteiger partial charge in [-0.15, -0.1) is 0 Å². The fourth-order valence-corrected chi connectivity index (χ4v) is 2.66. The van der Waals surface area contributed by atoms with E-state index < -0.39 is 28.3 Å². The number of nitrogens with one attached hydrogen (secondary N) is 3. The summed E-state index contributed by atoms with van der Waals surface area (Å²) in [5.41, 5.74) is -0.382. The lowest BCUT2D eigenvalue weighted by Crippen LogP contribution is -2.40. The van der Waals surface area contributed by atoms with Gasteiger partial charge in [-0.05, 0) is 36.8 Å². The molecule has 1 heterocycles. The first-order valence-corrected chi connectivity index (χ1v) is 8.19. The highest BCUT2D eigenvalue weighted by molar-refractivity contribution is 6.07. The summed E-state index contributed by atoms with van der Waals surface area (Å²) in [5.74, 6) is -0.629. The fourth-order valence-electron chi connectivity index (χ4n) is 2.66. The van der Waals surface area contributed by atoms with Crippen molar-refractivity contribution in [2.24, 2.45) is 0 Å². The van der Waals surface area contributed by atoms with E-state index in [-0.39, 0.29) is 12.3 Å². The molecule has 144 valence electrons. The monoisotopic (exact) mass is 384 g/mol. The minimum absolute atomic E-state index is 0.0786. The third-order valence-corrected chi connectivity index (χ3v) is 4.19. The number of benzene rings is 2. The van der Waals surface area contributed by atoms with Crippen molar-refractivity contribution >= 4 is 29.2 Å². The van der Waals surface area contributed by atoms with Gasteiger partial charge in [-0.3, -0.25) is 25.0 Å². The normalized spacial score (nSPS) is 18.2. The first-order valence-electron chi connectivity index (χ1n) is 8.19. The molecule has 1 fully saturated rings. The first-order chi connectivity index (χ1) is 13.3. The standard InChI is InChI=1S/C18H16N4O6/c1-18(16(24)20-17(25)21-18)11-3-2-4-12(9-11)19-15(23)10-28-14-7-5-13(6-8-14)22(26)27/h2-9H,10H2,1H3,(H,19,23)(H2,20,21,24,25). The molecule has 0 spiro atoms. The molecule has 4 amide bonds. The van der Waals surface area contributed by atoms with Crippen molar-refractivity contribution in [1.29, 1.82) is 0 Å². The third kappa shape index (κ3) is 3.90. The maximum atomic E-state index is 12.1. The second kappa shape index (κ2) is 7.35. The predicted molar refractivity (Wildman–Crippen MR) is 97.7 cm³/mol. The largest absolute Gasteiger partial charge is 0.484 e. The van der Waals surface area contributed by atoms with Crippen LogP contribution in [-0.2, 0) is 15.1 Å². The molecular formula is C18H16N4O6. The number of carbonyl (C=O) groups excluding carboxylic acids is 3. The summed E-state index contributed by atoms with van der Waals surface area (Å²) >= 11 is 0. The summed E-state index contributed by atoms with van der Waals surface area (Å²) < 4.78 is 5.30. The van der Waals surface area contributed by atoms with E-state index in [1.165, 1.54) is 24.3 Å². The quantitative estimate of drug-likeness (QED) is 0.393. The van der Waals surface area contributed by atoms with E-state index in [1.54, 1.807) is 31.2 Å². The van der Waals surface area contributed by atoms with Crippen molar-refractivity contribution in [3.05, 3.63) is 64.2 Å². The van der Waals surface area contributed by atoms with Gasteiger partial charge >= 0.3 is 6.03 Å². The highest BCUT2D eigenvalue weighted by Crippen LogP contribution is 2.26. The molecule has 10 heteroatoms. The zero-order valence-corrected chi connectivity index (χ0v) is 14.7. The van der Waals surface area contributed by atoms with Crippen molar-refractivity contribution < 1.29 is 24.0 Å². The van der Waals surface area contributed by atoms with Crippen molar-refractivity contribution in [2.75, 3.05) is 11.9 Å². The molecule has 1 aliphatic rings. The van der Waals surface area contributed by atoms with Gasteiger partial charge in [-0.2, -0.15) is 0 Å². The molecule has 0 aromatic heterocycles. The second-order valence-corrected chi connectivity index (χ2v) is 6.20. The fraction of sp³-hybridized carbons (Fsp3) is 0.167. The number of nitro groups is 1. The van der Waals surface area contributed by atoms with Gasteiger partial charge in [0.25, 0.3) is 17.5 Å². The number of urea groups is 1. The van der Waals surface area contributed by atoms with Gasteiger partial charge in [0.1, 0.15) is 11.3 Å². The predicted octanol–water partition coefficient (Wildman–Crippen LogP) is 1.67. The van der Waals surface area contributed by atoms with Crippen LogP contribution in [0, 0.1) is 10.1 Å². The molecule has 1 unspecified atom stereocenters. The van der Waals surface area contributed by atoms with E-state index >= 15 is 0 Å². The Morgan fingerprint density at radius 3 is 2.54 bits per heavy atom. The van der Waals surface area contributed by atoms with Crippen LogP contribution in [0.15, 0.2) is 48.5 Å². The van der Waals surface area contributed by atoms with E-state index in [2.05, 4.69) is 16.0 Å². The molecule has 1 aliphatic heterocycles. The topological polar surface area (TPSA) is 140 Å². The Morgan fingerprint density at radius 1 is 1.21 bits per heavy atom. The number of imide groups is 1. The van der Waals surface area contributed by atoms with Crippen LogP contribution in [0.2, 0.25) is 0 Å². The number of nitrogens with zero attached hydrogens (tertiary/aromatic N) is 1. The molecule has 28 heavy (non-hydrogen) atoms. The van der Waals surface area contributed by atoms with Crippen LogP contribution in [-0.4, -0.2) is 29.4 Å². The lowest BCUT2D eigenvalue weighted by atomic mass is 9.92. The van der Waals surface area contributed by atoms with Gasteiger partial charge in [-0.25, -0.2) is 4.79 Å². The minimum atomic E-state index is -1.23. The van der Waals surface area contributed by atoms with Crippen molar-refractivity contribution in [1.82, 2.24) is 10.6 Å². The van der Waals surface area contributed by atoms with Gasteiger partial charge in [0.2, 0.25) is 0 Å². The van der Waals surface area contributed by atoms with Gasteiger partial charge in [-0.1, -0.05) is 12.1 Å². The smallest absolute Gasteiger partial charge is 0.322 e. The molecule has 3 rings (SSSR count). The van der Waals surface area contributed by atoms with Crippen molar-refractivity contribution in [3.63, 3.8) is 0 Å². The van der Waals surface area contributed by atoms with E-state index in [0.717, 1.165) is 0 Å². The van der Waals surface area contributed by atoms with Gasteiger partial charge < -0.3 is 15.4 Å². The number of anilines is 1. The zero-order chi connectivity index (χ0) is 20.3. The Labute approximate surface area is 159 Å². The molecule has 2 aromatic rings. The Balaban J connectivity index is 1.62. The van der Waals surface area contributed by atoms with Crippen molar-refractivity contribution in [3.8, 4) is 5.75 Å². The Bertz CT molecular complexity index is 959. The van der Waals surface area contributed by atoms with Crippen LogP contribution >= 0.6 is 0 Å². The number of non-ortho nitro benzene ring substituents is 1. The number of carbonyl (C=O) groups is 3. The summed E-state index contributed by atoms with van der Waals surface area (Å²) in [4.78, 5) is 45.6. The van der Waals surface area contributed by atoms with Gasteiger partial charge in [0.05, 0.1) is 4.92 Å². The maximum Gasteiger partial charge on any atom is 0.322 e. The van der Waals surface area contributed by atoms with Gasteiger partial charge in [0.15, 0.2) is 6.61 Å². The van der Waals surface area contributed by atoms with E-state index in [0.29, 0.717) is 17.0 Å². The van der Waals surface area contributed by atoms with Crippen LogP contribution in [0.1, 0.15) is 12.5 Å². The van der Waals surface area contributed by atoms with Gasteiger partial charge in [0, 0.05) is 17.8 Å². The Morgan fingerprint density at radius 2 is 1.93 bits per heavy atom. The molecule has 0 aliphatic carbocycles. The molecular weight excluding hydrogens is 368 g/mol. The van der Waals surface area contributed by atoms with E-state index in [1.807, 2.05) is 0 Å². The highest BCUT2D eigenvalue weighted by Gasteiger charge is 2.43. The average Bonchev–Trinajstić information content (AvgIpc) is 2.93. The number of hydrogen-bond donors (Lipinski definition) is 3. The average molecular weight is 384 g/mol. The lowest BCUT2D eigenvalue weighted by Gasteiger charge is -2.21. The molecule has 0 radical (unpaired) electrons. The first kappa shape index (κ1) is 18.8. The molecule has 1 atom stereocenters. The summed E-state index contributed by atoms with van der Waals surface area (Å²) in [6.07, 6.45) is 0. The Hall–Kier alpha value is -3.95. The Kier molecular flexibility index (Phi) is 4.94. The zero-order valence-electron chi connectivity index (χ0n) is 14.7. The lowest BCUT2D eigenvalue weighted by molar-refractivity contribution is -0.384. The number of amides is 4. The number of nitro benzene ring substituents is 1. The summed E-state index contributed by atoms with van der Waals surface area (Å²) in [5, 5.41) is 18.0. The third-order valence-electron chi connectivity index (χ3n) is 4.19. The number of ether oxygens (including phenoxy) is 1. The van der Waals surface area contributed by atoms with E-state index in [9.17, 15) is 24.5 Å². The van der Waals surface area contributed by atoms with Crippen LogP contribution in [0.25, 0.3) is 0 Å². The molecule has 2 aromatic carbocycles. The maximum absolute atomic E-state index is 12.1. The summed E-state index contributed by atoms with van der Waals surface area (Å²) in [6.45, 7) is 1.25. The minimum Gasteiger partial charge on any atom is -0.484 e. The summed E-state index contributed by atoms with van der Waals surface area (Å²) in [7, 11) is 0. The van der Waals surface area contributed by atoms with Crippen LogP contribution in [0.5, 0.6) is 5.75 Å². The highest BCUT2D eigenvalue weighted by atomic mass is 16.6. The van der Waals surface area contributed by atoms with Crippen LogP contribution in [0.4, 0.5) is 16.2 Å². The molecule has 10 nitrogen and oxygen atoms in total. The second-order valence-electron chi connectivity index (χ2n) is 6.20. The number of rotatable bonds is 6. The van der Waals surface area contributed by atoms with Crippen molar-refractivity contribution in [2.45, 2.75) is 12.5 Å². The number of hydrogen-bond acceptors (Lipinski definition) is 6. The molecule has 0 bridgehead atoms. The summed E-state index contributed by atoms with van der Waals surface area (Å²) in [6, 6.07) is 11.3. The molecule has 1 saturated heterocycles.